The number of carbonyl (C=O) groups is 2. The van der Waals surface area contributed by atoms with E-state index in [4.69, 9.17) is 4.74 Å². The number of carbonyl (C=O) groups excluding carboxylic acids is 2. The van der Waals surface area contributed by atoms with Crippen molar-refractivity contribution in [2.45, 2.75) is 51.7 Å². The molecule has 0 spiro atoms. The van der Waals surface area contributed by atoms with Crippen molar-refractivity contribution in [2.24, 2.45) is 0 Å². The molecule has 5 heteroatoms. The van der Waals surface area contributed by atoms with Crippen LogP contribution in [0, 0.1) is 0 Å². The molecule has 0 bridgehead atoms. The van der Waals surface area contributed by atoms with Gasteiger partial charge in [0.05, 0.1) is 17.3 Å². The summed E-state index contributed by atoms with van der Waals surface area (Å²) in [6.07, 6.45) is 1.75. The van der Waals surface area contributed by atoms with Crippen LogP contribution in [0.2, 0.25) is 0 Å². The fourth-order valence-electron chi connectivity index (χ4n) is 3.97. The van der Waals surface area contributed by atoms with E-state index in [0.29, 0.717) is 6.42 Å². The lowest BCUT2D eigenvalue weighted by Crippen LogP contribution is -2.36. The van der Waals surface area contributed by atoms with Crippen LogP contribution in [0.5, 0.6) is 0 Å². The zero-order valence-electron chi connectivity index (χ0n) is 14.3. The molecule has 1 aromatic carbocycles. The summed E-state index contributed by atoms with van der Waals surface area (Å²) in [6.45, 7) is 6.34. The molecule has 2 aromatic rings. The molecule has 126 valence electrons. The average molecular weight is 326 g/mol. The Kier molecular flexibility index (Phi) is 3.24. The van der Waals surface area contributed by atoms with Crippen LogP contribution in [-0.4, -0.2) is 33.6 Å². The molecule has 1 fully saturated rings. The van der Waals surface area contributed by atoms with E-state index in [2.05, 4.69) is 6.07 Å². The van der Waals surface area contributed by atoms with Gasteiger partial charge >= 0.3 is 6.09 Å². The summed E-state index contributed by atoms with van der Waals surface area (Å²) in [6, 6.07) is 7.93. The highest BCUT2D eigenvalue weighted by molar-refractivity contribution is 5.95. The predicted molar refractivity (Wildman–Crippen MR) is 91.0 cm³/mol. The van der Waals surface area contributed by atoms with Gasteiger partial charge in [-0.3, -0.25) is 4.79 Å². The molecule has 3 heterocycles. The molecule has 1 saturated heterocycles. The molecule has 1 aromatic heterocycles. The predicted octanol–water partition coefficient (Wildman–Crippen LogP) is 3.64. The molecule has 24 heavy (non-hydrogen) atoms. The van der Waals surface area contributed by atoms with Crippen molar-refractivity contribution in [3.8, 4) is 0 Å². The Labute approximate surface area is 141 Å². The van der Waals surface area contributed by atoms with Crippen LogP contribution >= 0.6 is 0 Å². The number of fused-ring (bicyclic) bond motifs is 5. The smallest absolute Gasteiger partial charge is 0.419 e. The summed E-state index contributed by atoms with van der Waals surface area (Å²) in [5.41, 5.74) is 2.45. The highest BCUT2D eigenvalue weighted by Crippen LogP contribution is 2.42. The van der Waals surface area contributed by atoms with E-state index < -0.39 is 5.60 Å². The Bertz CT molecular complexity index is 844. The van der Waals surface area contributed by atoms with E-state index in [1.54, 1.807) is 4.57 Å². The number of para-hydroxylation sites is 1. The van der Waals surface area contributed by atoms with Gasteiger partial charge in [0.1, 0.15) is 5.60 Å². The standard InChI is InChI=1S/C19H22N2O3/c1-19(2,3)24-18(23)21-14-7-5-4-6-12(14)13-10-11-20-15(17(13)21)8-9-16(20)22/h4-7,15H,8-11H2,1-3H3/t15-/m1/s1. The normalized spacial score (nSPS) is 20.2. The zero-order valence-corrected chi connectivity index (χ0v) is 14.3. The quantitative estimate of drug-likeness (QED) is 0.742. The number of hydrogen-bond acceptors (Lipinski definition) is 3. The first-order valence-corrected chi connectivity index (χ1v) is 8.52. The van der Waals surface area contributed by atoms with E-state index in [1.165, 1.54) is 5.56 Å². The Morgan fingerprint density at radius 3 is 2.71 bits per heavy atom. The number of ether oxygens (including phenoxy) is 1. The first-order chi connectivity index (χ1) is 11.4. The summed E-state index contributed by atoms with van der Waals surface area (Å²) in [7, 11) is 0. The molecule has 0 radical (unpaired) electrons. The van der Waals surface area contributed by atoms with Gasteiger partial charge in [0.2, 0.25) is 5.91 Å². The van der Waals surface area contributed by atoms with Gasteiger partial charge in [-0.25, -0.2) is 9.36 Å². The van der Waals surface area contributed by atoms with Gasteiger partial charge in [-0.15, -0.1) is 0 Å². The molecule has 0 N–H and O–H groups in total. The Hall–Kier alpha value is -2.30. The van der Waals surface area contributed by atoms with Crippen molar-refractivity contribution in [3.63, 3.8) is 0 Å². The van der Waals surface area contributed by atoms with Crippen LogP contribution < -0.4 is 0 Å². The molecule has 0 aliphatic carbocycles. The van der Waals surface area contributed by atoms with Gasteiger partial charge in [0.15, 0.2) is 0 Å². The first-order valence-electron chi connectivity index (χ1n) is 8.52. The third kappa shape index (κ3) is 2.22. The van der Waals surface area contributed by atoms with Crippen molar-refractivity contribution in [3.05, 3.63) is 35.5 Å². The number of nitrogens with zero attached hydrogens (tertiary/aromatic N) is 2. The second-order valence-electron chi connectivity index (χ2n) is 7.59. The van der Waals surface area contributed by atoms with Crippen LogP contribution in [0.4, 0.5) is 4.79 Å². The van der Waals surface area contributed by atoms with E-state index in [9.17, 15) is 9.59 Å². The Morgan fingerprint density at radius 1 is 1.21 bits per heavy atom. The van der Waals surface area contributed by atoms with Crippen LogP contribution in [-0.2, 0) is 16.0 Å². The number of hydrogen-bond donors (Lipinski definition) is 0. The summed E-state index contributed by atoms with van der Waals surface area (Å²) in [5, 5.41) is 1.09. The van der Waals surface area contributed by atoms with Gasteiger partial charge in [0, 0.05) is 18.4 Å². The van der Waals surface area contributed by atoms with E-state index in [0.717, 1.165) is 36.0 Å². The van der Waals surface area contributed by atoms with Gasteiger partial charge in [0.25, 0.3) is 0 Å². The minimum absolute atomic E-state index is 0.0128. The molecule has 0 unspecified atom stereocenters. The average Bonchev–Trinajstić information content (AvgIpc) is 3.04. The minimum Gasteiger partial charge on any atom is -0.443 e. The van der Waals surface area contributed by atoms with Crippen molar-refractivity contribution >= 4 is 22.9 Å². The highest BCUT2D eigenvalue weighted by atomic mass is 16.6. The molecule has 5 nitrogen and oxygen atoms in total. The highest BCUT2D eigenvalue weighted by Gasteiger charge is 2.41. The molecule has 1 amide bonds. The summed E-state index contributed by atoms with van der Waals surface area (Å²) >= 11 is 0. The fraction of sp³-hybridized carbons (Fsp3) is 0.474. The summed E-state index contributed by atoms with van der Waals surface area (Å²) in [5.74, 6) is 0.187. The molecular weight excluding hydrogens is 304 g/mol. The molecule has 1 atom stereocenters. The maximum atomic E-state index is 12.9. The van der Waals surface area contributed by atoms with Gasteiger partial charge < -0.3 is 9.64 Å². The maximum absolute atomic E-state index is 12.9. The third-order valence-corrected chi connectivity index (χ3v) is 4.84. The lowest BCUT2D eigenvalue weighted by Gasteiger charge is -2.31. The van der Waals surface area contributed by atoms with Crippen molar-refractivity contribution < 1.29 is 14.3 Å². The topological polar surface area (TPSA) is 51.5 Å². The van der Waals surface area contributed by atoms with Gasteiger partial charge in [-0.05, 0) is 45.2 Å². The zero-order chi connectivity index (χ0) is 17.1. The monoisotopic (exact) mass is 326 g/mol. The van der Waals surface area contributed by atoms with Crippen molar-refractivity contribution in [1.82, 2.24) is 9.47 Å². The van der Waals surface area contributed by atoms with Crippen molar-refractivity contribution in [1.29, 1.82) is 0 Å². The van der Waals surface area contributed by atoms with Crippen LogP contribution in [0.15, 0.2) is 24.3 Å². The van der Waals surface area contributed by atoms with Crippen LogP contribution in [0.25, 0.3) is 10.9 Å². The van der Waals surface area contributed by atoms with Crippen molar-refractivity contribution in [2.75, 3.05) is 6.54 Å². The number of rotatable bonds is 0. The maximum Gasteiger partial charge on any atom is 0.419 e. The third-order valence-electron chi connectivity index (χ3n) is 4.84. The second-order valence-corrected chi connectivity index (χ2v) is 7.59. The van der Waals surface area contributed by atoms with Gasteiger partial charge in [-0.1, -0.05) is 18.2 Å². The number of aromatic nitrogens is 1. The SMILES string of the molecule is CC(C)(C)OC(=O)n1c2c(c3ccccc31)CCN1C(=O)CC[C@H]21. The largest absolute Gasteiger partial charge is 0.443 e. The first kappa shape index (κ1) is 15.2. The molecular formula is C19H22N2O3. The number of benzene rings is 1. The second kappa shape index (κ2) is 5.10. The summed E-state index contributed by atoms with van der Waals surface area (Å²) < 4.78 is 7.35. The van der Waals surface area contributed by atoms with E-state index in [1.807, 2.05) is 43.9 Å². The Morgan fingerprint density at radius 2 is 1.96 bits per heavy atom. The molecule has 4 rings (SSSR count). The van der Waals surface area contributed by atoms with Crippen LogP contribution in [0.3, 0.4) is 0 Å². The number of amides is 1. The lowest BCUT2D eigenvalue weighted by atomic mass is 9.98. The van der Waals surface area contributed by atoms with Gasteiger partial charge in [-0.2, -0.15) is 0 Å². The molecule has 2 aliphatic rings. The lowest BCUT2D eigenvalue weighted by molar-refractivity contribution is -0.129. The van der Waals surface area contributed by atoms with E-state index in [-0.39, 0.29) is 18.0 Å². The Balaban J connectivity index is 1.93. The molecule has 2 aliphatic heterocycles. The van der Waals surface area contributed by atoms with E-state index >= 15 is 0 Å². The summed E-state index contributed by atoms with van der Waals surface area (Å²) in [4.78, 5) is 27.0. The minimum atomic E-state index is -0.560. The van der Waals surface area contributed by atoms with Crippen LogP contribution in [0.1, 0.15) is 50.9 Å². The molecule has 0 saturated carbocycles. The fourth-order valence-corrected chi connectivity index (χ4v) is 3.97.